The minimum absolute atomic E-state index is 0.136. The minimum Gasteiger partial charge on any atom is -0.508 e. The van der Waals surface area contributed by atoms with E-state index in [4.69, 9.17) is 25.2 Å². The van der Waals surface area contributed by atoms with Crippen molar-refractivity contribution in [1.82, 2.24) is 0 Å². The Morgan fingerprint density at radius 2 is 1.09 bits per heavy atom. The van der Waals surface area contributed by atoms with E-state index < -0.39 is 6.16 Å². The van der Waals surface area contributed by atoms with Crippen LogP contribution in [-0.2, 0) is 0 Å². The summed E-state index contributed by atoms with van der Waals surface area (Å²) < 4.78 is 24.5. The van der Waals surface area contributed by atoms with Gasteiger partial charge in [0.05, 0.1) is 0 Å². The number of aromatic hydroxyl groups is 2. The molecule has 4 N–H and O–H groups in total. The van der Waals surface area contributed by atoms with Crippen LogP contribution in [0.3, 0.4) is 0 Å². The summed E-state index contributed by atoms with van der Waals surface area (Å²) >= 11 is 0. The summed E-state index contributed by atoms with van der Waals surface area (Å²) in [4.78, 5) is 8.56. The maximum atomic E-state index is 12.2. The zero-order valence-corrected chi connectivity index (χ0v) is 11.9. The summed E-state index contributed by atoms with van der Waals surface area (Å²) in [6.07, 6.45) is -1.83. The molecule has 2 aromatic carbocycles. The van der Waals surface area contributed by atoms with Gasteiger partial charge in [0.15, 0.2) is 0 Å². The molecule has 5 nitrogen and oxygen atoms in total. The number of rotatable bonds is 0. The monoisotopic (exact) mass is 314 g/mol. The average Bonchev–Trinajstić information content (AvgIpc) is 2.39. The van der Waals surface area contributed by atoms with Crippen LogP contribution in [0.4, 0.5) is 13.6 Å². The first-order chi connectivity index (χ1) is 10.1. The van der Waals surface area contributed by atoms with Gasteiger partial charge in [-0.25, -0.2) is 13.6 Å². The van der Waals surface area contributed by atoms with E-state index in [9.17, 15) is 8.78 Å². The molecule has 0 spiro atoms. The number of phenolic OH excluding ortho intramolecular Hbond substituents is 2. The van der Waals surface area contributed by atoms with Crippen molar-refractivity contribution < 1.29 is 34.0 Å². The van der Waals surface area contributed by atoms with E-state index in [-0.39, 0.29) is 23.1 Å². The number of carboxylic acid groups (broad SMARTS) is 2. The standard InChI is InChI=1S/2C7H7FO.CH2O3/c2*1-5-4-6(8)2-3-7(5)9;2-1(3)4/h2*2-4,9H,1H3;(H2,2,3,4). The zero-order valence-electron chi connectivity index (χ0n) is 11.9. The summed E-state index contributed by atoms with van der Waals surface area (Å²) in [6, 6.07) is 7.70. The van der Waals surface area contributed by atoms with Gasteiger partial charge in [0, 0.05) is 0 Å². The first-order valence-corrected chi connectivity index (χ1v) is 5.95. The lowest BCUT2D eigenvalue weighted by atomic mass is 10.2. The van der Waals surface area contributed by atoms with E-state index in [1.54, 1.807) is 13.8 Å². The van der Waals surface area contributed by atoms with Crippen molar-refractivity contribution in [2.24, 2.45) is 0 Å². The molecule has 120 valence electrons. The topological polar surface area (TPSA) is 98.0 Å². The second-order valence-electron chi connectivity index (χ2n) is 4.14. The van der Waals surface area contributed by atoms with Crippen molar-refractivity contribution in [3.63, 3.8) is 0 Å². The Balaban J connectivity index is 0.000000326. The van der Waals surface area contributed by atoms with Crippen LogP contribution in [0, 0.1) is 25.5 Å². The Labute approximate surface area is 125 Å². The third-order valence-corrected chi connectivity index (χ3v) is 2.32. The van der Waals surface area contributed by atoms with Gasteiger partial charge in [0.1, 0.15) is 23.1 Å². The summed E-state index contributed by atoms with van der Waals surface area (Å²) in [5.41, 5.74) is 1.13. The van der Waals surface area contributed by atoms with Crippen molar-refractivity contribution in [3.8, 4) is 11.5 Å². The van der Waals surface area contributed by atoms with Gasteiger partial charge in [-0.05, 0) is 61.4 Å². The average molecular weight is 314 g/mol. The van der Waals surface area contributed by atoms with Crippen LogP contribution < -0.4 is 0 Å². The smallest absolute Gasteiger partial charge is 0.503 e. The molecule has 0 aliphatic heterocycles. The van der Waals surface area contributed by atoms with E-state index >= 15 is 0 Å². The van der Waals surface area contributed by atoms with E-state index in [1.807, 2.05) is 0 Å². The molecule has 0 fully saturated rings. The molecule has 0 aliphatic carbocycles. The fourth-order valence-electron chi connectivity index (χ4n) is 1.24. The molecular weight excluding hydrogens is 298 g/mol. The normalized spacial score (nSPS) is 8.91. The zero-order chi connectivity index (χ0) is 17.3. The fraction of sp³-hybridized carbons (Fsp3) is 0.133. The van der Waals surface area contributed by atoms with Crippen LogP contribution >= 0.6 is 0 Å². The fourth-order valence-corrected chi connectivity index (χ4v) is 1.24. The number of halogens is 2. The van der Waals surface area contributed by atoms with Crippen molar-refractivity contribution >= 4 is 6.16 Å². The number of hydrogen-bond donors (Lipinski definition) is 4. The Hall–Kier alpha value is -2.83. The highest BCUT2D eigenvalue weighted by Gasteiger charge is 1.95. The predicted molar refractivity (Wildman–Crippen MR) is 76.3 cm³/mol. The van der Waals surface area contributed by atoms with Crippen LogP contribution in [0.15, 0.2) is 36.4 Å². The van der Waals surface area contributed by atoms with E-state index in [0.717, 1.165) is 0 Å². The van der Waals surface area contributed by atoms with Gasteiger partial charge >= 0.3 is 6.16 Å². The lowest BCUT2D eigenvalue weighted by molar-refractivity contribution is 0.137. The first kappa shape index (κ1) is 19.2. The number of benzene rings is 2. The van der Waals surface area contributed by atoms with Gasteiger partial charge in [-0.2, -0.15) is 0 Å². The third kappa shape index (κ3) is 8.36. The Morgan fingerprint density at radius 3 is 1.27 bits per heavy atom. The lowest BCUT2D eigenvalue weighted by Crippen LogP contribution is -1.81. The Kier molecular flexibility index (Phi) is 7.99. The molecule has 0 bridgehead atoms. The third-order valence-electron chi connectivity index (χ3n) is 2.32. The largest absolute Gasteiger partial charge is 0.508 e. The molecule has 0 heterocycles. The molecule has 0 atom stereocenters. The quantitative estimate of drug-likeness (QED) is 0.591. The van der Waals surface area contributed by atoms with Crippen LogP contribution in [0.1, 0.15) is 11.1 Å². The van der Waals surface area contributed by atoms with Crippen LogP contribution in [-0.4, -0.2) is 26.6 Å². The first-order valence-electron chi connectivity index (χ1n) is 5.95. The maximum absolute atomic E-state index is 12.2. The number of carbonyl (C=O) groups is 1. The van der Waals surface area contributed by atoms with Gasteiger partial charge in [-0.3, -0.25) is 0 Å². The number of hydrogen-bond acceptors (Lipinski definition) is 3. The van der Waals surface area contributed by atoms with Crippen molar-refractivity contribution in [2.75, 3.05) is 0 Å². The van der Waals surface area contributed by atoms with Crippen molar-refractivity contribution in [1.29, 1.82) is 0 Å². The molecular formula is C15H16F2O5. The van der Waals surface area contributed by atoms with E-state index in [2.05, 4.69) is 0 Å². The predicted octanol–water partition coefficient (Wildman–Crippen LogP) is 3.90. The van der Waals surface area contributed by atoms with E-state index in [1.165, 1.54) is 36.4 Å². The molecule has 0 saturated carbocycles. The molecule has 0 unspecified atom stereocenters. The lowest BCUT2D eigenvalue weighted by Gasteiger charge is -1.94. The summed E-state index contributed by atoms with van der Waals surface area (Å²) in [6.45, 7) is 3.30. The molecule has 0 aromatic heterocycles. The highest BCUT2D eigenvalue weighted by Crippen LogP contribution is 2.15. The van der Waals surface area contributed by atoms with Gasteiger partial charge in [-0.15, -0.1) is 0 Å². The second kappa shape index (κ2) is 9.17. The van der Waals surface area contributed by atoms with Crippen molar-refractivity contribution in [2.45, 2.75) is 13.8 Å². The van der Waals surface area contributed by atoms with Gasteiger partial charge in [0.25, 0.3) is 0 Å². The summed E-state index contributed by atoms with van der Waals surface area (Å²) in [5, 5.41) is 31.7. The Bertz CT molecular complexity index is 576. The highest BCUT2D eigenvalue weighted by molar-refractivity contribution is 5.53. The molecule has 0 amide bonds. The number of phenols is 2. The molecule has 2 rings (SSSR count). The molecule has 22 heavy (non-hydrogen) atoms. The second-order valence-corrected chi connectivity index (χ2v) is 4.14. The molecule has 0 aliphatic rings. The molecule has 0 radical (unpaired) electrons. The molecule has 2 aromatic rings. The maximum Gasteiger partial charge on any atom is 0.503 e. The van der Waals surface area contributed by atoms with Gasteiger partial charge in [-0.1, -0.05) is 0 Å². The molecule has 0 saturated heterocycles. The highest BCUT2D eigenvalue weighted by atomic mass is 19.1. The molecule has 7 heteroatoms. The summed E-state index contributed by atoms with van der Waals surface area (Å²) in [7, 11) is 0. The van der Waals surface area contributed by atoms with Crippen LogP contribution in [0.25, 0.3) is 0 Å². The van der Waals surface area contributed by atoms with Crippen LogP contribution in [0.5, 0.6) is 11.5 Å². The minimum atomic E-state index is -1.83. The van der Waals surface area contributed by atoms with Crippen LogP contribution in [0.2, 0.25) is 0 Å². The van der Waals surface area contributed by atoms with Crippen molar-refractivity contribution in [3.05, 3.63) is 59.2 Å². The Morgan fingerprint density at radius 1 is 0.818 bits per heavy atom. The van der Waals surface area contributed by atoms with E-state index in [0.29, 0.717) is 11.1 Å². The SMILES string of the molecule is Cc1cc(F)ccc1O.Cc1cc(F)ccc1O.O=C(O)O. The van der Waals surface area contributed by atoms with Gasteiger partial charge < -0.3 is 20.4 Å². The summed E-state index contributed by atoms with van der Waals surface area (Å²) in [5.74, 6) is -0.358. The van der Waals surface area contributed by atoms with Gasteiger partial charge in [0.2, 0.25) is 0 Å². The number of aryl methyl sites for hydroxylation is 2.